The van der Waals surface area contributed by atoms with Crippen LogP contribution in [0.3, 0.4) is 0 Å². The summed E-state index contributed by atoms with van der Waals surface area (Å²) in [6, 6.07) is 10.2. The van der Waals surface area contributed by atoms with Crippen molar-refractivity contribution in [3.8, 4) is 0 Å². The van der Waals surface area contributed by atoms with Crippen LogP contribution in [-0.2, 0) is 12.0 Å². The lowest BCUT2D eigenvalue weighted by Crippen LogP contribution is -2.40. The largest absolute Gasteiger partial charge is 0.384 e. The third kappa shape index (κ3) is 3.05. The Labute approximate surface area is 120 Å². The van der Waals surface area contributed by atoms with Crippen molar-refractivity contribution in [2.24, 2.45) is 5.41 Å². The van der Waals surface area contributed by atoms with Gasteiger partial charge in [0, 0.05) is 18.0 Å². The Morgan fingerprint density at radius 2 is 1.60 bits per heavy atom. The number of hydrogen-bond acceptors (Lipinski definition) is 3. The van der Waals surface area contributed by atoms with Gasteiger partial charge in [0.2, 0.25) is 0 Å². The molecular weight excluding hydrogens is 248 g/mol. The number of hydrogen-bond donors (Lipinski definition) is 1. The van der Waals surface area contributed by atoms with Gasteiger partial charge in [-0.2, -0.15) is 0 Å². The van der Waals surface area contributed by atoms with E-state index in [1.54, 1.807) is 12.4 Å². The van der Waals surface area contributed by atoms with E-state index >= 15 is 0 Å². The average molecular weight is 270 g/mol. The van der Waals surface area contributed by atoms with Gasteiger partial charge in [-0.1, -0.05) is 51.1 Å². The van der Waals surface area contributed by atoms with Crippen LogP contribution in [-0.4, -0.2) is 15.1 Å². The number of aliphatic hydroxyl groups is 1. The number of aryl methyl sites for hydroxylation is 1. The summed E-state index contributed by atoms with van der Waals surface area (Å²) < 4.78 is 0. The highest BCUT2D eigenvalue weighted by Crippen LogP contribution is 2.42. The smallest absolute Gasteiger partial charge is 0.115 e. The molecule has 1 heterocycles. The average Bonchev–Trinajstić information content (AvgIpc) is 2.45. The maximum Gasteiger partial charge on any atom is 0.115 e. The lowest BCUT2D eigenvalue weighted by Gasteiger charge is -2.40. The quantitative estimate of drug-likeness (QED) is 0.926. The topological polar surface area (TPSA) is 46.0 Å². The second-order valence-corrected chi connectivity index (χ2v) is 6.22. The number of rotatable bonds is 4. The fraction of sp³-hybridized carbons (Fsp3) is 0.412. The van der Waals surface area contributed by atoms with Crippen LogP contribution < -0.4 is 0 Å². The van der Waals surface area contributed by atoms with Crippen molar-refractivity contribution in [1.29, 1.82) is 0 Å². The first kappa shape index (κ1) is 14.7. The standard InChI is InChI=1S/C17H22N2O/c1-16(2,3)17(20,15-11-18-13-19-12-15)10-9-14-7-5-4-6-8-14/h4-8,11-13,20H,9-10H2,1-3H3. The van der Waals surface area contributed by atoms with Gasteiger partial charge in [0.15, 0.2) is 0 Å². The van der Waals surface area contributed by atoms with Gasteiger partial charge in [-0.25, -0.2) is 9.97 Å². The first-order valence-electron chi connectivity index (χ1n) is 6.95. The summed E-state index contributed by atoms with van der Waals surface area (Å²) in [4.78, 5) is 8.10. The molecule has 0 aliphatic rings. The third-order valence-corrected chi connectivity index (χ3v) is 3.90. The van der Waals surface area contributed by atoms with Crippen LogP contribution in [0.2, 0.25) is 0 Å². The van der Waals surface area contributed by atoms with Gasteiger partial charge in [-0.05, 0) is 23.8 Å². The maximum absolute atomic E-state index is 11.2. The van der Waals surface area contributed by atoms with Crippen molar-refractivity contribution >= 4 is 0 Å². The molecule has 0 amide bonds. The van der Waals surface area contributed by atoms with Crippen molar-refractivity contribution in [2.45, 2.75) is 39.2 Å². The fourth-order valence-electron chi connectivity index (χ4n) is 2.43. The van der Waals surface area contributed by atoms with E-state index in [0.29, 0.717) is 6.42 Å². The van der Waals surface area contributed by atoms with Gasteiger partial charge < -0.3 is 5.11 Å². The summed E-state index contributed by atoms with van der Waals surface area (Å²) >= 11 is 0. The highest BCUT2D eigenvalue weighted by atomic mass is 16.3. The first-order chi connectivity index (χ1) is 9.43. The Morgan fingerprint density at radius 3 is 2.15 bits per heavy atom. The number of aromatic nitrogens is 2. The van der Waals surface area contributed by atoms with E-state index in [1.807, 2.05) is 39.0 Å². The molecule has 1 aromatic carbocycles. The number of benzene rings is 1. The molecule has 0 fully saturated rings. The third-order valence-electron chi connectivity index (χ3n) is 3.90. The molecule has 0 aliphatic heterocycles. The summed E-state index contributed by atoms with van der Waals surface area (Å²) in [5.74, 6) is 0. The van der Waals surface area contributed by atoms with Gasteiger partial charge in [-0.3, -0.25) is 0 Å². The molecule has 3 nitrogen and oxygen atoms in total. The van der Waals surface area contributed by atoms with Crippen molar-refractivity contribution in [2.75, 3.05) is 0 Å². The van der Waals surface area contributed by atoms with E-state index in [1.165, 1.54) is 11.9 Å². The van der Waals surface area contributed by atoms with Gasteiger partial charge in [0.25, 0.3) is 0 Å². The molecule has 106 valence electrons. The fourth-order valence-corrected chi connectivity index (χ4v) is 2.43. The monoisotopic (exact) mass is 270 g/mol. The molecule has 1 N–H and O–H groups in total. The molecule has 0 bridgehead atoms. The van der Waals surface area contributed by atoms with Gasteiger partial charge in [0.1, 0.15) is 6.33 Å². The normalized spacial score (nSPS) is 14.8. The van der Waals surface area contributed by atoms with E-state index in [4.69, 9.17) is 0 Å². The molecule has 2 aromatic rings. The summed E-state index contributed by atoms with van der Waals surface area (Å²) in [5, 5.41) is 11.2. The molecule has 0 saturated heterocycles. The Morgan fingerprint density at radius 1 is 1.00 bits per heavy atom. The molecule has 0 aliphatic carbocycles. The van der Waals surface area contributed by atoms with E-state index in [-0.39, 0.29) is 5.41 Å². The maximum atomic E-state index is 11.2. The summed E-state index contributed by atoms with van der Waals surface area (Å²) in [6.07, 6.45) is 6.38. The van der Waals surface area contributed by atoms with Crippen LogP contribution in [0, 0.1) is 5.41 Å². The van der Waals surface area contributed by atoms with E-state index in [9.17, 15) is 5.11 Å². The molecule has 0 saturated carbocycles. The van der Waals surface area contributed by atoms with Crippen molar-refractivity contribution in [3.05, 3.63) is 60.2 Å². The molecule has 0 radical (unpaired) electrons. The van der Waals surface area contributed by atoms with Crippen LogP contribution >= 0.6 is 0 Å². The molecular formula is C17H22N2O. The Kier molecular flexibility index (Phi) is 4.19. The molecule has 1 aromatic heterocycles. The Hall–Kier alpha value is -1.74. The second kappa shape index (κ2) is 5.71. The van der Waals surface area contributed by atoms with Crippen molar-refractivity contribution < 1.29 is 5.11 Å². The predicted octanol–water partition coefficient (Wildman–Crippen LogP) is 3.34. The molecule has 1 unspecified atom stereocenters. The molecule has 20 heavy (non-hydrogen) atoms. The van der Waals surface area contributed by atoms with E-state index < -0.39 is 5.60 Å². The molecule has 0 spiro atoms. The van der Waals surface area contributed by atoms with Crippen LogP contribution in [0.4, 0.5) is 0 Å². The second-order valence-electron chi connectivity index (χ2n) is 6.22. The zero-order chi connectivity index (χ0) is 14.6. The summed E-state index contributed by atoms with van der Waals surface area (Å²) in [5.41, 5.74) is 0.784. The zero-order valence-electron chi connectivity index (χ0n) is 12.4. The lowest BCUT2D eigenvalue weighted by molar-refractivity contribution is -0.0715. The SMILES string of the molecule is CC(C)(C)C(O)(CCc1ccccc1)c1cncnc1. The van der Waals surface area contributed by atoms with Crippen LogP contribution in [0.15, 0.2) is 49.1 Å². The van der Waals surface area contributed by atoms with Gasteiger partial charge in [0.05, 0.1) is 5.60 Å². The van der Waals surface area contributed by atoms with E-state index in [0.717, 1.165) is 12.0 Å². The summed E-state index contributed by atoms with van der Waals surface area (Å²) in [7, 11) is 0. The van der Waals surface area contributed by atoms with E-state index in [2.05, 4.69) is 22.1 Å². The Balaban J connectivity index is 2.25. The highest BCUT2D eigenvalue weighted by molar-refractivity contribution is 5.21. The Bertz CT molecular complexity index is 534. The predicted molar refractivity (Wildman–Crippen MR) is 80.1 cm³/mol. The summed E-state index contributed by atoms with van der Waals surface area (Å²) in [6.45, 7) is 6.14. The highest BCUT2D eigenvalue weighted by Gasteiger charge is 2.41. The van der Waals surface area contributed by atoms with Gasteiger partial charge in [-0.15, -0.1) is 0 Å². The number of nitrogens with zero attached hydrogens (tertiary/aromatic N) is 2. The van der Waals surface area contributed by atoms with Crippen LogP contribution in [0.25, 0.3) is 0 Å². The minimum Gasteiger partial charge on any atom is -0.384 e. The van der Waals surface area contributed by atoms with Crippen molar-refractivity contribution in [3.63, 3.8) is 0 Å². The first-order valence-corrected chi connectivity index (χ1v) is 6.95. The van der Waals surface area contributed by atoms with Gasteiger partial charge >= 0.3 is 0 Å². The van der Waals surface area contributed by atoms with Crippen LogP contribution in [0.5, 0.6) is 0 Å². The molecule has 3 heteroatoms. The van der Waals surface area contributed by atoms with Crippen LogP contribution in [0.1, 0.15) is 38.3 Å². The zero-order valence-corrected chi connectivity index (χ0v) is 12.4. The molecule has 2 rings (SSSR count). The molecule has 1 atom stereocenters. The minimum absolute atomic E-state index is 0.285. The minimum atomic E-state index is -0.940. The van der Waals surface area contributed by atoms with Crippen molar-refractivity contribution in [1.82, 2.24) is 9.97 Å². The lowest BCUT2D eigenvalue weighted by atomic mass is 9.70.